The van der Waals surface area contributed by atoms with Crippen LogP contribution >= 0.6 is 11.8 Å². The van der Waals surface area contributed by atoms with Crippen LogP contribution in [0.15, 0.2) is 28.3 Å². The second-order valence-electron chi connectivity index (χ2n) is 5.43. The minimum atomic E-state index is -0.0197. The average Bonchev–Trinajstić information content (AvgIpc) is 3.23. The summed E-state index contributed by atoms with van der Waals surface area (Å²) >= 11 is 1.61. The van der Waals surface area contributed by atoms with Gasteiger partial charge in [0.05, 0.1) is 6.54 Å². The van der Waals surface area contributed by atoms with Gasteiger partial charge in [-0.15, -0.1) is 22.0 Å². The molecule has 0 spiro atoms. The zero-order chi connectivity index (χ0) is 16.5. The Morgan fingerprint density at radius 3 is 3.08 bits per heavy atom. The van der Waals surface area contributed by atoms with Gasteiger partial charge in [-0.2, -0.15) is 4.98 Å². The number of hydrogen-bond acceptors (Lipinski definition) is 9. The van der Waals surface area contributed by atoms with Crippen LogP contribution in [0.5, 0.6) is 0 Å². The average molecular weight is 344 g/mol. The van der Waals surface area contributed by atoms with E-state index in [-0.39, 0.29) is 6.04 Å². The molecule has 24 heavy (non-hydrogen) atoms. The van der Waals surface area contributed by atoms with Crippen LogP contribution in [0.25, 0.3) is 11.5 Å². The van der Waals surface area contributed by atoms with Crippen LogP contribution in [0.3, 0.4) is 0 Å². The Morgan fingerprint density at radius 1 is 1.33 bits per heavy atom. The Kier molecular flexibility index (Phi) is 3.98. The Labute approximate surface area is 142 Å². The minimum Gasteiger partial charge on any atom is -0.337 e. The summed E-state index contributed by atoms with van der Waals surface area (Å²) in [7, 11) is 2.01. The highest BCUT2D eigenvalue weighted by Crippen LogP contribution is 2.29. The molecule has 3 aromatic rings. The maximum atomic E-state index is 5.52. The number of fused-ring (bicyclic) bond motifs is 1. The molecule has 0 bridgehead atoms. The summed E-state index contributed by atoms with van der Waals surface area (Å²) < 4.78 is 7.53. The molecule has 1 unspecified atom stereocenters. The first-order valence-electron chi connectivity index (χ1n) is 7.61. The van der Waals surface area contributed by atoms with Crippen molar-refractivity contribution in [3.63, 3.8) is 0 Å². The van der Waals surface area contributed by atoms with Crippen molar-refractivity contribution in [2.75, 3.05) is 12.8 Å². The first-order chi connectivity index (χ1) is 11.8. The Balaban J connectivity index is 1.64. The van der Waals surface area contributed by atoms with Crippen molar-refractivity contribution in [2.24, 2.45) is 0 Å². The summed E-state index contributed by atoms with van der Waals surface area (Å²) in [5.41, 5.74) is 0.655. The highest BCUT2D eigenvalue weighted by Gasteiger charge is 2.30. The number of likely N-dealkylation sites (N-methyl/N-ethyl adjacent to an activating group) is 1. The summed E-state index contributed by atoms with van der Waals surface area (Å²) in [6, 6.07) is -0.0197. The normalized spacial score (nSPS) is 17.8. The summed E-state index contributed by atoms with van der Waals surface area (Å²) in [5, 5.41) is 13.0. The summed E-state index contributed by atoms with van der Waals surface area (Å²) in [6.07, 6.45) is 5.04. The first kappa shape index (κ1) is 15.2. The van der Waals surface area contributed by atoms with E-state index < -0.39 is 0 Å². The summed E-state index contributed by atoms with van der Waals surface area (Å²) in [4.78, 5) is 15.4. The second kappa shape index (κ2) is 6.29. The van der Waals surface area contributed by atoms with E-state index in [0.717, 1.165) is 16.6 Å². The van der Waals surface area contributed by atoms with Crippen molar-refractivity contribution >= 4 is 11.8 Å². The molecule has 1 atom stereocenters. The van der Waals surface area contributed by atoms with Crippen molar-refractivity contribution in [3.8, 4) is 11.5 Å². The molecule has 0 amide bonds. The lowest BCUT2D eigenvalue weighted by molar-refractivity contribution is 0.139. The van der Waals surface area contributed by atoms with Gasteiger partial charge in [0.2, 0.25) is 11.7 Å². The highest BCUT2D eigenvalue weighted by molar-refractivity contribution is 7.99. The quantitative estimate of drug-likeness (QED) is 0.650. The monoisotopic (exact) mass is 344 g/mol. The van der Waals surface area contributed by atoms with E-state index in [4.69, 9.17) is 4.52 Å². The fraction of sp³-hybridized carbons (Fsp3) is 0.429. The van der Waals surface area contributed by atoms with E-state index in [1.165, 1.54) is 0 Å². The molecule has 10 heteroatoms. The van der Waals surface area contributed by atoms with Gasteiger partial charge in [0.25, 0.3) is 0 Å². The van der Waals surface area contributed by atoms with E-state index in [0.29, 0.717) is 30.5 Å². The number of rotatable bonds is 4. The molecule has 4 rings (SSSR count). The van der Waals surface area contributed by atoms with Gasteiger partial charge in [0.15, 0.2) is 0 Å². The molecular formula is C14H16N8OS. The van der Waals surface area contributed by atoms with Gasteiger partial charge in [-0.05, 0) is 12.8 Å². The predicted octanol–water partition coefficient (Wildman–Crippen LogP) is 1.42. The van der Waals surface area contributed by atoms with Crippen molar-refractivity contribution in [1.82, 2.24) is 39.8 Å². The van der Waals surface area contributed by atoms with Gasteiger partial charge in [-0.1, -0.05) is 12.1 Å². The van der Waals surface area contributed by atoms with E-state index in [2.05, 4.69) is 42.1 Å². The summed E-state index contributed by atoms with van der Waals surface area (Å²) in [5.74, 6) is 2.86. The molecule has 0 saturated carbocycles. The lowest BCUT2D eigenvalue weighted by Crippen LogP contribution is -2.34. The maximum Gasteiger partial charge on any atom is 0.246 e. The molecule has 0 N–H and O–H groups in total. The van der Waals surface area contributed by atoms with E-state index in [1.54, 1.807) is 30.5 Å². The fourth-order valence-corrected chi connectivity index (χ4v) is 3.36. The van der Waals surface area contributed by atoms with Gasteiger partial charge in [0, 0.05) is 18.9 Å². The van der Waals surface area contributed by atoms with Crippen LogP contribution in [-0.4, -0.2) is 52.6 Å². The largest absolute Gasteiger partial charge is 0.337 e. The molecule has 124 valence electrons. The zero-order valence-electron chi connectivity index (χ0n) is 13.3. The molecule has 4 heterocycles. The maximum absolute atomic E-state index is 5.52. The Morgan fingerprint density at radius 2 is 2.21 bits per heavy atom. The third-order valence-electron chi connectivity index (χ3n) is 3.87. The number of hydrogen-bond donors (Lipinski definition) is 0. The minimum absolute atomic E-state index is 0.0197. The second-order valence-corrected chi connectivity index (χ2v) is 6.68. The van der Waals surface area contributed by atoms with Crippen molar-refractivity contribution in [3.05, 3.63) is 30.4 Å². The van der Waals surface area contributed by atoms with Crippen molar-refractivity contribution in [2.45, 2.75) is 31.1 Å². The third kappa shape index (κ3) is 2.67. The number of nitrogens with zero attached hydrogens (tertiary/aromatic N) is 8. The molecule has 0 saturated heterocycles. The Bertz CT molecular complexity index is 847. The Hall–Kier alpha value is -2.33. The molecule has 1 aliphatic rings. The van der Waals surface area contributed by atoms with E-state index in [9.17, 15) is 0 Å². The molecule has 1 aliphatic heterocycles. The van der Waals surface area contributed by atoms with Crippen molar-refractivity contribution < 1.29 is 4.52 Å². The smallest absolute Gasteiger partial charge is 0.246 e. The zero-order valence-corrected chi connectivity index (χ0v) is 14.1. The van der Waals surface area contributed by atoms with E-state index >= 15 is 0 Å². The van der Waals surface area contributed by atoms with Crippen LogP contribution in [-0.2, 0) is 13.1 Å². The van der Waals surface area contributed by atoms with Crippen LogP contribution in [0.4, 0.5) is 0 Å². The SMILES string of the molecule is CCSc1nccnc1-c1noc(C2Cn3cnnc3CN2C)n1. The van der Waals surface area contributed by atoms with Crippen LogP contribution in [0.2, 0.25) is 0 Å². The molecule has 3 aromatic heterocycles. The van der Waals surface area contributed by atoms with E-state index in [1.807, 2.05) is 11.6 Å². The molecule has 0 radical (unpaired) electrons. The molecule has 0 aliphatic carbocycles. The summed E-state index contributed by atoms with van der Waals surface area (Å²) in [6.45, 7) is 3.43. The van der Waals surface area contributed by atoms with Gasteiger partial charge in [-0.25, -0.2) is 9.97 Å². The number of aromatic nitrogens is 7. The molecule has 9 nitrogen and oxygen atoms in total. The van der Waals surface area contributed by atoms with Gasteiger partial charge in [0.1, 0.15) is 28.9 Å². The van der Waals surface area contributed by atoms with Crippen molar-refractivity contribution in [1.29, 1.82) is 0 Å². The van der Waals surface area contributed by atoms with Crippen LogP contribution < -0.4 is 0 Å². The van der Waals surface area contributed by atoms with Gasteiger partial charge < -0.3 is 9.09 Å². The van der Waals surface area contributed by atoms with Gasteiger partial charge in [-0.3, -0.25) is 4.90 Å². The molecule has 0 aromatic carbocycles. The molecule has 0 fully saturated rings. The lowest BCUT2D eigenvalue weighted by atomic mass is 10.2. The standard InChI is InChI=1S/C14H16N8OS/c1-3-24-14-11(15-4-5-16-14)12-18-13(23-20-12)9-6-22-8-17-19-10(22)7-21(9)2/h4-5,8-9H,3,6-7H2,1-2H3. The molecular weight excluding hydrogens is 328 g/mol. The third-order valence-corrected chi connectivity index (χ3v) is 4.73. The van der Waals surface area contributed by atoms with Gasteiger partial charge >= 0.3 is 0 Å². The van der Waals surface area contributed by atoms with Crippen LogP contribution in [0, 0.1) is 0 Å². The number of thioether (sulfide) groups is 1. The topological polar surface area (TPSA) is 98.6 Å². The van der Waals surface area contributed by atoms with Crippen LogP contribution in [0.1, 0.15) is 24.7 Å². The first-order valence-corrected chi connectivity index (χ1v) is 8.59. The lowest BCUT2D eigenvalue weighted by Gasteiger charge is -2.29. The highest BCUT2D eigenvalue weighted by atomic mass is 32.2. The fourth-order valence-electron chi connectivity index (χ4n) is 2.67. The predicted molar refractivity (Wildman–Crippen MR) is 86.0 cm³/mol.